The van der Waals surface area contributed by atoms with E-state index in [1.165, 1.54) is 95.7 Å². The standard InChI is InChI=1S/C23H44N2O/c1-2-3-4-5-6-7-8-9-10-11-12-13-14-15-16-17-18-23-24-19-20-25(23)21-22-26/h12-13,26H,2-11,14-22H2,1H3/b13-12+. The molecule has 0 aromatic heterocycles. The largest absolute Gasteiger partial charge is 0.395 e. The number of unbranched alkanes of at least 4 members (excludes halogenated alkanes) is 12. The highest BCUT2D eigenvalue weighted by Gasteiger charge is 2.14. The molecule has 0 aliphatic carbocycles. The van der Waals surface area contributed by atoms with Crippen molar-refractivity contribution in [3.8, 4) is 0 Å². The maximum Gasteiger partial charge on any atom is 0.0991 e. The first-order valence-corrected chi connectivity index (χ1v) is 11.4. The van der Waals surface area contributed by atoms with Gasteiger partial charge in [0.2, 0.25) is 0 Å². The summed E-state index contributed by atoms with van der Waals surface area (Å²) in [4.78, 5) is 6.80. The molecule has 0 atom stereocenters. The van der Waals surface area contributed by atoms with E-state index in [4.69, 9.17) is 5.11 Å². The van der Waals surface area contributed by atoms with Crippen LogP contribution in [0.25, 0.3) is 0 Å². The third-order valence-corrected chi connectivity index (χ3v) is 5.31. The molecule has 1 rings (SSSR count). The molecule has 1 N–H and O–H groups in total. The van der Waals surface area contributed by atoms with E-state index in [2.05, 4.69) is 29.0 Å². The van der Waals surface area contributed by atoms with Gasteiger partial charge in [0.25, 0.3) is 0 Å². The first kappa shape index (κ1) is 23.2. The minimum atomic E-state index is 0.239. The number of nitrogens with zero attached hydrogens (tertiary/aromatic N) is 2. The fourth-order valence-electron chi connectivity index (χ4n) is 3.66. The quantitative estimate of drug-likeness (QED) is 0.235. The zero-order chi connectivity index (χ0) is 18.7. The summed E-state index contributed by atoms with van der Waals surface area (Å²) < 4.78 is 0. The Kier molecular flexibility index (Phi) is 15.7. The van der Waals surface area contributed by atoms with Crippen molar-refractivity contribution < 1.29 is 5.11 Å². The Morgan fingerprint density at radius 1 is 0.846 bits per heavy atom. The van der Waals surface area contributed by atoms with Crippen molar-refractivity contribution in [3.05, 3.63) is 12.2 Å². The number of amidine groups is 1. The van der Waals surface area contributed by atoms with Crippen molar-refractivity contribution in [2.24, 2.45) is 4.99 Å². The molecular formula is C23H44N2O. The minimum absolute atomic E-state index is 0.239. The molecule has 0 saturated carbocycles. The lowest BCUT2D eigenvalue weighted by atomic mass is 10.1. The second-order valence-corrected chi connectivity index (χ2v) is 7.70. The third-order valence-electron chi connectivity index (χ3n) is 5.31. The van der Waals surface area contributed by atoms with Crippen LogP contribution in [0.3, 0.4) is 0 Å². The molecule has 0 spiro atoms. The first-order chi connectivity index (χ1) is 12.9. The SMILES string of the molecule is CCCCCCCCCCC/C=C/CCCCCC1=NCCN1CCO. The van der Waals surface area contributed by atoms with Gasteiger partial charge in [0.1, 0.15) is 0 Å². The molecule has 152 valence electrons. The van der Waals surface area contributed by atoms with Gasteiger partial charge in [0.05, 0.1) is 19.0 Å². The predicted octanol–water partition coefficient (Wildman–Crippen LogP) is 6.12. The highest BCUT2D eigenvalue weighted by atomic mass is 16.3. The van der Waals surface area contributed by atoms with E-state index in [0.29, 0.717) is 0 Å². The number of aliphatic hydroxyl groups excluding tert-OH is 1. The van der Waals surface area contributed by atoms with Crippen molar-refractivity contribution >= 4 is 5.84 Å². The first-order valence-electron chi connectivity index (χ1n) is 11.4. The van der Waals surface area contributed by atoms with E-state index in [1.54, 1.807) is 0 Å². The zero-order valence-corrected chi connectivity index (χ0v) is 17.4. The van der Waals surface area contributed by atoms with Crippen LogP contribution in [0, 0.1) is 0 Å². The van der Waals surface area contributed by atoms with Gasteiger partial charge >= 0.3 is 0 Å². The van der Waals surface area contributed by atoms with Gasteiger partial charge in [0, 0.05) is 19.5 Å². The summed E-state index contributed by atoms with van der Waals surface area (Å²) in [6, 6.07) is 0. The van der Waals surface area contributed by atoms with Gasteiger partial charge in [-0.1, -0.05) is 76.9 Å². The average molecular weight is 365 g/mol. The van der Waals surface area contributed by atoms with Gasteiger partial charge in [-0.05, 0) is 32.1 Å². The highest BCUT2D eigenvalue weighted by Crippen LogP contribution is 2.12. The molecule has 3 nitrogen and oxygen atoms in total. The fourth-order valence-corrected chi connectivity index (χ4v) is 3.66. The van der Waals surface area contributed by atoms with Crippen molar-refractivity contribution in [1.29, 1.82) is 0 Å². The van der Waals surface area contributed by atoms with E-state index in [9.17, 15) is 0 Å². The molecule has 0 amide bonds. The Bertz CT molecular complexity index is 365. The van der Waals surface area contributed by atoms with Gasteiger partial charge in [-0.2, -0.15) is 0 Å². The summed E-state index contributed by atoms with van der Waals surface area (Å²) >= 11 is 0. The summed E-state index contributed by atoms with van der Waals surface area (Å²) in [5.74, 6) is 1.22. The lowest BCUT2D eigenvalue weighted by Crippen LogP contribution is -2.30. The van der Waals surface area contributed by atoms with Crippen LogP contribution in [0.15, 0.2) is 17.1 Å². The smallest absolute Gasteiger partial charge is 0.0991 e. The van der Waals surface area contributed by atoms with Crippen LogP contribution in [0.2, 0.25) is 0 Å². The topological polar surface area (TPSA) is 35.8 Å². The molecule has 0 radical (unpaired) electrons. The number of aliphatic imine (C=N–C) groups is 1. The molecular weight excluding hydrogens is 320 g/mol. The molecule has 1 heterocycles. The number of β-amino-alcohol motifs (C(OH)–C–C–N with tert-alkyl or cyclic N) is 1. The number of rotatable bonds is 18. The minimum Gasteiger partial charge on any atom is -0.395 e. The van der Waals surface area contributed by atoms with Crippen molar-refractivity contribution in [2.75, 3.05) is 26.2 Å². The number of allylic oxidation sites excluding steroid dienone is 2. The van der Waals surface area contributed by atoms with Gasteiger partial charge in [-0.25, -0.2) is 0 Å². The molecule has 0 fully saturated rings. The van der Waals surface area contributed by atoms with Crippen LogP contribution in [0.4, 0.5) is 0 Å². The molecule has 1 aliphatic heterocycles. The Hall–Kier alpha value is -0.830. The normalized spacial score (nSPS) is 14.5. The monoisotopic (exact) mass is 364 g/mol. The van der Waals surface area contributed by atoms with Crippen LogP contribution < -0.4 is 0 Å². The molecule has 26 heavy (non-hydrogen) atoms. The third kappa shape index (κ3) is 12.5. The molecule has 3 heteroatoms. The second-order valence-electron chi connectivity index (χ2n) is 7.70. The lowest BCUT2D eigenvalue weighted by molar-refractivity contribution is 0.255. The lowest BCUT2D eigenvalue weighted by Gasteiger charge is -2.18. The zero-order valence-electron chi connectivity index (χ0n) is 17.4. The highest BCUT2D eigenvalue weighted by molar-refractivity contribution is 5.83. The van der Waals surface area contributed by atoms with Gasteiger partial charge in [-0.3, -0.25) is 4.99 Å². The maximum absolute atomic E-state index is 9.05. The number of aliphatic hydroxyl groups is 1. The van der Waals surface area contributed by atoms with Crippen LogP contribution >= 0.6 is 0 Å². The van der Waals surface area contributed by atoms with Crippen LogP contribution in [-0.4, -0.2) is 42.1 Å². The van der Waals surface area contributed by atoms with E-state index in [1.807, 2.05) is 0 Å². The Labute approximate surface area is 163 Å². The summed E-state index contributed by atoms with van der Waals surface area (Å²) in [6.45, 7) is 5.18. The predicted molar refractivity (Wildman–Crippen MR) is 115 cm³/mol. The molecule has 0 saturated heterocycles. The van der Waals surface area contributed by atoms with Crippen LogP contribution in [0.1, 0.15) is 103 Å². The summed E-state index contributed by atoms with van der Waals surface area (Å²) in [7, 11) is 0. The van der Waals surface area contributed by atoms with Crippen LogP contribution in [0.5, 0.6) is 0 Å². The molecule has 0 bridgehead atoms. The van der Waals surface area contributed by atoms with Gasteiger partial charge in [0.15, 0.2) is 0 Å². The molecule has 1 aliphatic rings. The summed E-state index contributed by atoms with van der Waals surface area (Å²) in [5.41, 5.74) is 0. The summed E-state index contributed by atoms with van der Waals surface area (Å²) in [5, 5.41) is 9.05. The maximum atomic E-state index is 9.05. The van der Waals surface area contributed by atoms with E-state index in [0.717, 1.165) is 26.1 Å². The molecule has 0 aromatic rings. The molecule has 0 aromatic carbocycles. The van der Waals surface area contributed by atoms with Gasteiger partial charge < -0.3 is 10.0 Å². The second kappa shape index (κ2) is 17.6. The van der Waals surface area contributed by atoms with E-state index >= 15 is 0 Å². The van der Waals surface area contributed by atoms with Crippen LogP contribution in [-0.2, 0) is 0 Å². The number of hydrogen-bond acceptors (Lipinski definition) is 3. The Morgan fingerprint density at radius 2 is 1.42 bits per heavy atom. The summed E-state index contributed by atoms with van der Waals surface area (Å²) in [6.07, 6.45) is 24.9. The molecule has 0 unspecified atom stereocenters. The number of hydrogen-bond donors (Lipinski definition) is 1. The van der Waals surface area contributed by atoms with E-state index < -0.39 is 0 Å². The van der Waals surface area contributed by atoms with Crippen molar-refractivity contribution in [2.45, 2.75) is 103 Å². The Balaban J connectivity index is 1.81. The Morgan fingerprint density at radius 3 is 2.04 bits per heavy atom. The van der Waals surface area contributed by atoms with E-state index in [-0.39, 0.29) is 6.61 Å². The fraction of sp³-hybridized carbons (Fsp3) is 0.870. The van der Waals surface area contributed by atoms with Gasteiger partial charge in [-0.15, -0.1) is 0 Å². The average Bonchev–Trinajstić information content (AvgIpc) is 3.09. The van der Waals surface area contributed by atoms with Crippen molar-refractivity contribution in [3.63, 3.8) is 0 Å². The van der Waals surface area contributed by atoms with Crippen molar-refractivity contribution in [1.82, 2.24) is 4.90 Å².